The zero-order valence-electron chi connectivity index (χ0n) is 15.1. The number of aromatic nitrogens is 4. The lowest BCUT2D eigenvalue weighted by molar-refractivity contribution is 0.0953. The number of amides is 1. The molecule has 1 aromatic carbocycles. The Morgan fingerprint density at radius 2 is 2.15 bits per heavy atom. The summed E-state index contributed by atoms with van der Waals surface area (Å²) >= 11 is 1.62. The predicted molar refractivity (Wildman–Crippen MR) is 103 cm³/mol. The lowest BCUT2D eigenvalue weighted by Gasteiger charge is -2.13. The number of carbonyl (C=O) groups excluding carboxylic acids is 1. The number of para-hydroxylation sites is 1. The fourth-order valence-electron chi connectivity index (χ4n) is 3.51. The number of methoxy groups -OCH3 is 1. The number of aryl methyl sites for hydroxylation is 1. The van der Waals surface area contributed by atoms with Crippen LogP contribution in [0, 0.1) is 0 Å². The average molecular weight is 383 g/mol. The zero-order valence-corrected chi connectivity index (χ0v) is 16.0. The van der Waals surface area contributed by atoms with Gasteiger partial charge in [-0.2, -0.15) is 4.68 Å². The lowest BCUT2D eigenvalue weighted by Crippen LogP contribution is -2.27. The van der Waals surface area contributed by atoms with Crippen molar-refractivity contribution in [3.63, 3.8) is 0 Å². The van der Waals surface area contributed by atoms with Crippen LogP contribution in [0.1, 0.15) is 39.2 Å². The molecule has 140 valence electrons. The van der Waals surface area contributed by atoms with Crippen molar-refractivity contribution in [2.24, 2.45) is 0 Å². The van der Waals surface area contributed by atoms with Gasteiger partial charge in [-0.1, -0.05) is 18.2 Å². The number of thiophene rings is 1. The first-order valence-corrected chi connectivity index (χ1v) is 9.87. The molecule has 0 saturated carbocycles. The molecule has 8 heteroatoms. The molecule has 0 bridgehead atoms. The van der Waals surface area contributed by atoms with Gasteiger partial charge in [-0.25, -0.2) is 0 Å². The number of rotatable bonds is 6. The van der Waals surface area contributed by atoms with Crippen molar-refractivity contribution < 1.29 is 9.53 Å². The maximum Gasteiger partial charge on any atom is 0.254 e. The molecule has 7 nitrogen and oxygen atoms in total. The molecule has 27 heavy (non-hydrogen) atoms. The highest BCUT2D eigenvalue weighted by Gasteiger charge is 2.26. The van der Waals surface area contributed by atoms with Gasteiger partial charge in [-0.15, -0.1) is 16.4 Å². The number of hydrogen-bond donors (Lipinski definition) is 1. The number of nitrogens with zero attached hydrogens (tertiary/aromatic N) is 4. The highest BCUT2D eigenvalue weighted by atomic mass is 32.1. The van der Waals surface area contributed by atoms with Gasteiger partial charge >= 0.3 is 0 Å². The second-order valence-corrected chi connectivity index (χ2v) is 7.55. The Kier molecular flexibility index (Phi) is 5.15. The molecule has 3 aromatic rings. The molecule has 0 fully saturated rings. The van der Waals surface area contributed by atoms with Gasteiger partial charge in [0.05, 0.1) is 12.7 Å². The summed E-state index contributed by atoms with van der Waals surface area (Å²) in [5.41, 5.74) is 2.96. The molecule has 0 atom stereocenters. The Bertz CT molecular complexity index is 936. The van der Waals surface area contributed by atoms with Crippen LogP contribution in [-0.2, 0) is 19.3 Å². The first-order chi connectivity index (χ1) is 13.3. The van der Waals surface area contributed by atoms with Crippen molar-refractivity contribution in [3.05, 3.63) is 52.2 Å². The maximum atomic E-state index is 13.0. The smallest absolute Gasteiger partial charge is 0.254 e. The average Bonchev–Trinajstić information content (AvgIpc) is 3.35. The number of fused-ring (bicyclic) bond motifs is 1. The first kappa shape index (κ1) is 17.7. The zero-order chi connectivity index (χ0) is 18.6. The van der Waals surface area contributed by atoms with E-state index in [1.807, 2.05) is 24.3 Å². The number of benzene rings is 1. The van der Waals surface area contributed by atoms with E-state index < -0.39 is 0 Å². The van der Waals surface area contributed by atoms with E-state index in [0.29, 0.717) is 13.0 Å². The van der Waals surface area contributed by atoms with E-state index in [9.17, 15) is 4.79 Å². The first-order valence-electron chi connectivity index (χ1n) is 9.06. The third-order valence-corrected chi connectivity index (χ3v) is 6.09. The van der Waals surface area contributed by atoms with Crippen LogP contribution in [0.3, 0.4) is 0 Å². The molecular weight excluding hydrogens is 362 g/mol. The summed E-state index contributed by atoms with van der Waals surface area (Å²) in [6.45, 7) is 0.541. The van der Waals surface area contributed by atoms with Gasteiger partial charge in [-0.05, 0) is 59.7 Å². The van der Waals surface area contributed by atoms with Crippen molar-refractivity contribution in [2.45, 2.75) is 32.1 Å². The largest absolute Gasteiger partial charge is 0.496 e. The lowest BCUT2D eigenvalue weighted by atomic mass is 9.95. The highest BCUT2D eigenvalue weighted by Crippen LogP contribution is 2.36. The van der Waals surface area contributed by atoms with Gasteiger partial charge in [0.25, 0.3) is 5.91 Å². The van der Waals surface area contributed by atoms with Crippen LogP contribution in [0.5, 0.6) is 5.75 Å². The van der Waals surface area contributed by atoms with Crippen LogP contribution in [0.25, 0.3) is 5.00 Å². The quantitative estimate of drug-likeness (QED) is 0.707. The Morgan fingerprint density at radius 1 is 1.30 bits per heavy atom. The fourth-order valence-corrected chi connectivity index (χ4v) is 4.81. The number of nitrogens with one attached hydrogen (secondary N) is 1. The van der Waals surface area contributed by atoms with Crippen LogP contribution < -0.4 is 10.1 Å². The predicted octanol–water partition coefficient (Wildman–Crippen LogP) is 2.58. The molecular formula is C19H21N5O2S. The Balaban J connectivity index is 1.54. The SMILES string of the molecule is COc1ccccc1CCNC(=O)c1c(-n2cnnn2)sc2c1CCCC2. The van der Waals surface area contributed by atoms with Crippen molar-refractivity contribution in [1.82, 2.24) is 25.5 Å². The summed E-state index contributed by atoms with van der Waals surface area (Å²) in [5, 5.41) is 15.3. The van der Waals surface area contributed by atoms with E-state index in [1.54, 1.807) is 29.5 Å². The van der Waals surface area contributed by atoms with Gasteiger partial charge in [0, 0.05) is 11.4 Å². The van der Waals surface area contributed by atoms with Crippen molar-refractivity contribution in [3.8, 4) is 10.8 Å². The van der Waals surface area contributed by atoms with Gasteiger partial charge in [0.2, 0.25) is 0 Å². The number of carbonyl (C=O) groups is 1. The molecule has 1 aliphatic rings. The van der Waals surface area contributed by atoms with Crippen molar-refractivity contribution >= 4 is 17.2 Å². The molecule has 1 amide bonds. The monoisotopic (exact) mass is 383 g/mol. The molecule has 2 heterocycles. The molecule has 0 spiro atoms. The standard InChI is InChI=1S/C19H21N5O2S/c1-26-15-8-4-2-6-13(15)10-11-20-18(25)17-14-7-3-5-9-16(14)27-19(17)24-12-21-22-23-24/h2,4,6,8,12H,3,5,7,9-11H2,1H3,(H,20,25). The van der Waals surface area contributed by atoms with Crippen LogP contribution in [-0.4, -0.2) is 39.8 Å². The molecule has 4 rings (SSSR count). The minimum atomic E-state index is -0.0604. The van der Waals surface area contributed by atoms with E-state index in [2.05, 4.69) is 20.8 Å². The van der Waals surface area contributed by atoms with E-state index in [1.165, 1.54) is 4.88 Å². The second kappa shape index (κ2) is 7.87. The van der Waals surface area contributed by atoms with Crippen LogP contribution in [0.4, 0.5) is 0 Å². The van der Waals surface area contributed by atoms with Gasteiger partial charge in [0.15, 0.2) is 0 Å². The summed E-state index contributed by atoms with van der Waals surface area (Å²) in [7, 11) is 1.66. The van der Waals surface area contributed by atoms with Crippen LogP contribution in [0.15, 0.2) is 30.6 Å². The molecule has 0 saturated heterocycles. The molecule has 0 aliphatic heterocycles. The Hall–Kier alpha value is -2.74. The van der Waals surface area contributed by atoms with E-state index >= 15 is 0 Å². The summed E-state index contributed by atoms with van der Waals surface area (Å²) < 4.78 is 6.98. The minimum absolute atomic E-state index is 0.0604. The summed E-state index contributed by atoms with van der Waals surface area (Å²) in [4.78, 5) is 14.3. The van der Waals surface area contributed by atoms with Crippen LogP contribution in [0.2, 0.25) is 0 Å². The number of hydrogen-bond acceptors (Lipinski definition) is 6. The molecule has 1 N–H and O–H groups in total. The van der Waals surface area contributed by atoms with Crippen molar-refractivity contribution in [1.29, 1.82) is 0 Å². The Morgan fingerprint density at radius 3 is 2.96 bits per heavy atom. The molecule has 1 aliphatic carbocycles. The van der Waals surface area contributed by atoms with Gasteiger partial charge in [-0.3, -0.25) is 4.79 Å². The number of ether oxygens (including phenoxy) is 1. The summed E-state index contributed by atoms with van der Waals surface area (Å²) in [6, 6.07) is 7.87. The topological polar surface area (TPSA) is 81.9 Å². The van der Waals surface area contributed by atoms with Gasteiger partial charge < -0.3 is 10.1 Å². The molecule has 2 aromatic heterocycles. The maximum absolute atomic E-state index is 13.0. The normalized spacial score (nSPS) is 13.2. The van der Waals surface area contributed by atoms with Crippen molar-refractivity contribution in [2.75, 3.05) is 13.7 Å². The Labute approximate surface area is 161 Å². The fraction of sp³-hybridized carbons (Fsp3) is 0.368. The highest BCUT2D eigenvalue weighted by molar-refractivity contribution is 7.15. The minimum Gasteiger partial charge on any atom is -0.496 e. The van der Waals surface area contributed by atoms with E-state index in [4.69, 9.17) is 4.74 Å². The summed E-state index contributed by atoms with van der Waals surface area (Å²) in [5.74, 6) is 0.781. The molecule has 0 radical (unpaired) electrons. The van der Waals surface area contributed by atoms with Crippen LogP contribution >= 0.6 is 11.3 Å². The molecule has 0 unspecified atom stereocenters. The van der Waals surface area contributed by atoms with E-state index in [-0.39, 0.29) is 5.91 Å². The third kappa shape index (κ3) is 3.57. The third-order valence-electron chi connectivity index (χ3n) is 4.81. The number of tetrazole rings is 1. The second-order valence-electron chi connectivity index (χ2n) is 6.46. The van der Waals surface area contributed by atoms with Gasteiger partial charge in [0.1, 0.15) is 17.1 Å². The van der Waals surface area contributed by atoms with E-state index in [0.717, 1.165) is 53.1 Å². The summed E-state index contributed by atoms with van der Waals surface area (Å²) in [6.07, 6.45) is 6.48.